The smallest absolute Gasteiger partial charge is 0.321 e. The van der Waals surface area contributed by atoms with Crippen LogP contribution in [0.15, 0.2) is 60.7 Å². The number of hydrogen-bond acceptors (Lipinski definition) is 3. The van der Waals surface area contributed by atoms with Crippen molar-refractivity contribution in [2.45, 2.75) is 31.5 Å². The van der Waals surface area contributed by atoms with Crippen LogP contribution in [0.2, 0.25) is 12.6 Å². The summed E-state index contributed by atoms with van der Waals surface area (Å²) in [6, 6.07) is 22.2. The topological polar surface area (TPSA) is 63.3 Å². The first-order valence-corrected chi connectivity index (χ1v) is 12.6. The van der Waals surface area contributed by atoms with Crippen LogP contribution in [0.5, 0.6) is 0 Å². The lowest BCUT2D eigenvalue weighted by Gasteiger charge is -2.29. The highest BCUT2D eigenvalue weighted by Gasteiger charge is 2.30. The summed E-state index contributed by atoms with van der Waals surface area (Å²) < 4.78 is 0. The highest BCUT2D eigenvalue weighted by Crippen LogP contribution is 2.17. The number of benzene rings is 2. The zero-order chi connectivity index (χ0) is 18.1. The van der Waals surface area contributed by atoms with Gasteiger partial charge < -0.3 is 10.8 Å². The summed E-state index contributed by atoms with van der Waals surface area (Å²) in [7, 11) is -1.73. The molecule has 2 rings (SSSR count). The standard InChI is InChI=1S/C20H27NO2SSi/c1-25(17-10-4-2-5-11-17,18-12-6-3-7-13-18)15-9-8-14-24-16-19(21)20(22)23/h2-7,10-13,19H,8-9,14-16,21H2,1H3,(H,22,23). The fraction of sp³-hybridized carbons (Fsp3) is 0.350. The second kappa shape index (κ2) is 9.80. The Bertz CT molecular complexity index is 612. The molecule has 3 nitrogen and oxygen atoms in total. The zero-order valence-corrected chi connectivity index (χ0v) is 16.5. The first-order valence-electron chi connectivity index (χ1n) is 8.71. The third-order valence-corrected chi connectivity index (χ3v) is 10.4. The van der Waals surface area contributed by atoms with Crippen molar-refractivity contribution in [3.05, 3.63) is 60.7 Å². The third kappa shape index (κ3) is 5.73. The molecule has 0 aliphatic heterocycles. The maximum absolute atomic E-state index is 10.7. The van der Waals surface area contributed by atoms with Crippen molar-refractivity contribution in [2.24, 2.45) is 5.73 Å². The van der Waals surface area contributed by atoms with Crippen molar-refractivity contribution in [1.82, 2.24) is 0 Å². The number of nitrogens with two attached hydrogens (primary N) is 1. The second-order valence-corrected chi connectivity index (χ2v) is 12.0. The van der Waals surface area contributed by atoms with E-state index >= 15 is 0 Å². The molecule has 0 amide bonds. The Hall–Kier alpha value is -1.56. The summed E-state index contributed by atoms with van der Waals surface area (Å²) in [5.41, 5.74) is 5.54. The fourth-order valence-corrected chi connectivity index (χ4v) is 7.73. The molecule has 1 atom stereocenters. The normalized spacial score (nSPS) is 12.7. The molecule has 0 saturated heterocycles. The Labute approximate surface area is 155 Å². The average molecular weight is 374 g/mol. The van der Waals surface area contributed by atoms with Crippen LogP contribution in [0.3, 0.4) is 0 Å². The van der Waals surface area contributed by atoms with E-state index in [4.69, 9.17) is 10.8 Å². The van der Waals surface area contributed by atoms with Gasteiger partial charge in [-0.25, -0.2) is 0 Å². The quantitative estimate of drug-likeness (QED) is 0.496. The van der Waals surface area contributed by atoms with E-state index in [2.05, 4.69) is 67.2 Å². The van der Waals surface area contributed by atoms with Crippen molar-refractivity contribution in [3.8, 4) is 0 Å². The summed E-state index contributed by atoms with van der Waals surface area (Å²) >= 11 is 1.64. The van der Waals surface area contributed by atoms with E-state index in [0.717, 1.165) is 18.6 Å². The molecule has 0 bridgehead atoms. The van der Waals surface area contributed by atoms with E-state index in [9.17, 15) is 4.79 Å². The number of rotatable bonds is 10. The van der Waals surface area contributed by atoms with Gasteiger partial charge in [0.1, 0.15) is 14.1 Å². The minimum Gasteiger partial charge on any atom is -0.480 e. The number of hydrogen-bond donors (Lipinski definition) is 2. The van der Waals surface area contributed by atoms with Crippen LogP contribution in [-0.2, 0) is 4.79 Å². The highest BCUT2D eigenvalue weighted by atomic mass is 32.2. The molecule has 3 N–H and O–H groups in total. The van der Waals surface area contributed by atoms with Gasteiger partial charge in [0.15, 0.2) is 0 Å². The van der Waals surface area contributed by atoms with Crippen molar-refractivity contribution in [2.75, 3.05) is 11.5 Å². The average Bonchev–Trinajstić information content (AvgIpc) is 2.65. The predicted octanol–water partition coefficient (Wildman–Crippen LogP) is 2.80. The summed E-state index contributed by atoms with van der Waals surface area (Å²) in [5, 5.41) is 11.8. The van der Waals surface area contributed by atoms with Gasteiger partial charge in [0.05, 0.1) is 0 Å². The van der Waals surface area contributed by atoms with Crippen molar-refractivity contribution in [3.63, 3.8) is 0 Å². The first-order chi connectivity index (χ1) is 12.0. The van der Waals surface area contributed by atoms with Crippen LogP contribution in [-0.4, -0.2) is 36.7 Å². The molecular formula is C20H27NO2SSi. The van der Waals surface area contributed by atoms with Crippen LogP contribution < -0.4 is 16.1 Å². The van der Waals surface area contributed by atoms with Gasteiger partial charge >= 0.3 is 5.97 Å². The van der Waals surface area contributed by atoms with Gasteiger partial charge in [-0.2, -0.15) is 11.8 Å². The van der Waals surface area contributed by atoms with Gasteiger partial charge in [-0.3, -0.25) is 4.79 Å². The lowest BCUT2D eigenvalue weighted by atomic mass is 10.4. The predicted molar refractivity (Wildman–Crippen MR) is 111 cm³/mol. The molecule has 0 spiro atoms. The van der Waals surface area contributed by atoms with E-state index in [0.29, 0.717) is 5.75 Å². The molecule has 0 saturated carbocycles. The molecule has 2 aromatic carbocycles. The van der Waals surface area contributed by atoms with Crippen LogP contribution in [0.1, 0.15) is 12.8 Å². The lowest BCUT2D eigenvalue weighted by molar-refractivity contribution is -0.137. The van der Waals surface area contributed by atoms with Crippen molar-refractivity contribution >= 4 is 36.2 Å². The first kappa shape index (κ1) is 19.8. The Morgan fingerprint density at radius 2 is 1.56 bits per heavy atom. The molecule has 0 fully saturated rings. The molecule has 0 aromatic heterocycles. The molecule has 0 radical (unpaired) electrons. The third-order valence-electron chi connectivity index (χ3n) is 4.65. The Morgan fingerprint density at radius 1 is 1.04 bits per heavy atom. The van der Waals surface area contributed by atoms with Gasteiger partial charge in [-0.15, -0.1) is 0 Å². The molecule has 0 heterocycles. The van der Waals surface area contributed by atoms with Crippen molar-refractivity contribution < 1.29 is 9.90 Å². The fourth-order valence-electron chi connectivity index (χ4n) is 3.03. The maximum Gasteiger partial charge on any atom is 0.321 e. The van der Waals surface area contributed by atoms with Crippen molar-refractivity contribution in [1.29, 1.82) is 0 Å². The van der Waals surface area contributed by atoms with E-state index in [1.807, 2.05) is 0 Å². The molecule has 5 heteroatoms. The summed E-state index contributed by atoms with van der Waals surface area (Å²) in [4.78, 5) is 10.7. The van der Waals surface area contributed by atoms with Crippen LogP contribution in [0.4, 0.5) is 0 Å². The number of thioether (sulfide) groups is 1. The summed E-state index contributed by atoms with van der Waals surface area (Å²) in [6.07, 6.45) is 2.25. The van der Waals surface area contributed by atoms with Crippen LogP contribution >= 0.6 is 11.8 Å². The monoisotopic (exact) mass is 373 g/mol. The molecule has 0 aliphatic carbocycles. The second-order valence-electron chi connectivity index (χ2n) is 6.54. The zero-order valence-electron chi connectivity index (χ0n) is 14.7. The summed E-state index contributed by atoms with van der Waals surface area (Å²) in [5.74, 6) is 0.539. The summed E-state index contributed by atoms with van der Waals surface area (Å²) in [6.45, 7) is 2.45. The van der Waals surface area contributed by atoms with Gasteiger partial charge in [0.25, 0.3) is 0 Å². The van der Waals surface area contributed by atoms with E-state index < -0.39 is 20.1 Å². The SMILES string of the molecule is C[Si](CCCCSCC(N)C(=O)O)(c1ccccc1)c1ccccc1. The molecule has 0 aliphatic rings. The lowest BCUT2D eigenvalue weighted by Crippen LogP contribution is -2.55. The highest BCUT2D eigenvalue weighted by molar-refractivity contribution is 7.99. The Morgan fingerprint density at radius 3 is 2.04 bits per heavy atom. The van der Waals surface area contributed by atoms with E-state index in [1.165, 1.54) is 16.4 Å². The van der Waals surface area contributed by atoms with Gasteiger partial charge in [0, 0.05) is 5.75 Å². The molecule has 2 aromatic rings. The number of carbonyl (C=O) groups is 1. The largest absolute Gasteiger partial charge is 0.480 e. The molecule has 1 unspecified atom stereocenters. The number of carboxylic acids is 1. The molecule has 25 heavy (non-hydrogen) atoms. The van der Waals surface area contributed by atoms with Gasteiger partial charge in [-0.05, 0) is 18.2 Å². The van der Waals surface area contributed by atoms with Crippen LogP contribution in [0.25, 0.3) is 0 Å². The minimum absolute atomic E-state index is 0.488. The van der Waals surface area contributed by atoms with Crippen LogP contribution in [0, 0.1) is 0 Å². The van der Waals surface area contributed by atoms with Gasteiger partial charge in [0.2, 0.25) is 0 Å². The number of carboxylic acid groups (broad SMARTS) is 1. The molecular weight excluding hydrogens is 346 g/mol. The number of unbranched alkanes of at least 4 members (excludes halogenated alkanes) is 1. The Kier molecular flexibility index (Phi) is 7.74. The Balaban J connectivity index is 1.93. The number of aliphatic carboxylic acids is 1. The maximum atomic E-state index is 10.7. The van der Waals surface area contributed by atoms with E-state index in [-0.39, 0.29) is 0 Å². The van der Waals surface area contributed by atoms with Gasteiger partial charge in [-0.1, -0.05) is 84.0 Å². The molecule has 134 valence electrons. The minimum atomic E-state index is -1.73. The van der Waals surface area contributed by atoms with E-state index in [1.54, 1.807) is 11.8 Å².